The zero-order valence-electron chi connectivity index (χ0n) is 10.5. The first kappa shape index (κ1) is 14.8. The molecule has 0 aromatic carbocycles. The van der Waals surface area contributed by atoms with Crippen LogP contribution in [0.5, 0.6) is 0 Å². The number of ether oxygens (including phenoxy) is 1. The quantitative estimate of drug-likeness (QED) is 0.649. The molecule has 0 saturated carbocycles. The van der Waals surface area contributed by atoms with E-state index in [0.717, 1.165) is 12.8 Å². The van der Waals surface area contributed by atoms with E-state index in [-0.39, 0.29) is 0 Å². The van der Waals surface area contributed by atoms with E-state index in [1.807, 2.05) is 0 Å². The molecule has 0 unspecified atom stereocenters. The Morgan fingerprint density at radius 2 is 1.94 bits per heavy atom. The summed E-state index contributed by atoms with van der Waals surface area (Å²) in [6, 6.07) is 0. The molecule has 0 bridgehead atoms. The summed E-state index contributed by atoms with van der Waals surface area (Å²) in [6.07, 6.45) is 2.58. The number of rotatable bonds is 8. The van der Waals surface area contributed by atoms with Crippen LogP contribution in [0.3, 0.4) is 0 Å². The van der Waals surface area contributed by atoms with Gasteiger partial charge in [-0.15, -0.1) is 0 Å². The minimum absolute atomic E-state index is 0.398. The second-order valence-corrected chi connectivity index (χ2v) is 6.08. The maximum Gasteiger partial charge on any atom is 0.282 e. The second kappa shape index (κ2) is 7.27. The lowest BCUT2D eigenvalue weighted by Crippen LogP contribution is -2.44. The lowest BCUT2D eigenvalue weighted by Gasteiger charge is -2.26. The van der Waals surface area contributed by atoms with Gasteiger partial charge in [-0.3, -0.25) is 0 Å². The Bertz CT molecular complexity index is 294. The Balaban J connectivity index is 2.64. The fourth-order valence-electron chi connectivity index (χ4n) is 1.89. The molecule has 0 radical (unpaired) electrons. The van der Waals surface area contributed by atoms with Crippen molar-refractivity contribution in [2.75, 3.05) is 46.4 Å². The molecule has 0 spiro atoms. The normalized spacial score (nSPS) is 18.1. The number of nitrogens with two attached hydrogens (primary N) is 1. The van der Waals surface area contributed by atoms with Gasteiger partial charge in [0.05, 0.1) is 6.61 Å². The topological polar surface area (TPSA) is 75.9 Å². The van der Waals surface area contributed by atoms with E-state index in [0.29, 0.717) is 45.8 Å². The molecule has 1 heterocycles. The average Bonchev–Trinajstić information content (AvgIpc) is 2.83. The van der Waals surface area contributed by atoms with Crippen LogP contribution < -0.4 is 5.73 Å². The molecule has 1 fully saturated rings. The standard InChI is InChI=1S/C10H23N3O3S/c1-16-10-9-13(8-4-5-11)17(14,15)12-6-2-3-7-12/h2-11H2,1H3. The monoisotopic (exact) mass is 265 g/mol. The smallest absolute Gasteiger partial charge is 0.282 e. The zero-order chi connectivity index (χ0) is 12.7. The highest BCUT2D eigenvalue weighted by molar-refractivity contribution is 7.86. The van der Waals surface area contributed by atoms with Gasteiger partial charge in [-0.1, -0.05) is 0 Å². The van der Waals surface area contributed by atoms with E-state index >= 15 is 0 Å². The molecule has 1 rings (SSSR count). The Kier molecular flexibility index (Phi) is 6.35. The molecule has 0 atom stereocenters. The molecule has 1 aliphatic rings. The average molecular weight is 265 g/mol. The Morgan fingerprint density at radius 1 is 1.29 bits per heavy atom. The summed E-state index contributed by atoms with van der Waals surface area (Å²) in [7, 11) is -1.74. The SMILES string of the molecule is COCCN(CCCN)S(=O)(=O)N1CCCC1. The maximum atomic E-state index is 12.3. The van der Waals surface area contributed by atoms with Gasteiger partial charge in [0, 0.05) is 33.3 Å². The summed E-state index contributed by atoms with van der Waals surface area (Å²) >= 11 is 0. The van der Waals surface area contributed by atoms with Crippen molar-refractivity contribution in [2.45, 2.75) is 19.3 Å². The van der Waals surface area contributed by atoms with Crippen molar-refractivity contribution in [1.29, 1.82) is 0 Å². The summed E-state index contributed by atoms with van der Waals surface area (Å²) in [6.45, 7) is 3.05. The highest BCUT2D eigenvalue weighted by Gasteiger charge is 2.30. The predicted molar refractivity (Wildman–Crippen MR) is 66.8 cm³/mol. The molecule has 0 aromatic heterocycles. The highest BCUT2D eigenvalue weighted by atomic mass is 32.2. The van der Waals surface area contributed by atoms with Crippen molar-refractivity contribution in [1.82, 2.24) is 8.61 Å². The van der Waals surface area contributed by atoms with Crippen LogP contribution in [0.2, 0.25) is 0 Å². The predicted octanol–water partition coefficient (Wildman–Crippen LogP) is -0.376. The first-order valence-corrected chi connectivity index (χ1v) is 7.47. The molecule has 1 aliphatic heterocycles. The van der Waals surface area contributed by atoms with Gasteiger partial charge in [-0.05, 0) is 25.8 Å². The van der Waals surface area contributed by atoms with Crippen LogP contribution in [0.15, 0.2) is 0 Å². The second-order valence-electron chi connectivity index (χ2n) is 4.15. The minimum Gasteiger partial charge on any atom is -0.383 e. The Hall–Kier alpha value is -0.210. The van der Waals surface area contributed by atoms with Gasteiger partial charge in [0.2, 0.25) is 0 Å². The van der Waals surface area contributed by atoms with Crippen LogP contribution >= 0.6 is 0 Å². The molecular weight excluding hydrogens is 242 g/mol. The molecular formula is C10H23N3O3S. The third-order valence-electron chi connectivity index (χ3n) is 2.87. The molecule has 7 heteroatoms. The minimum atomic E-state index is -3.31. The number of nitrogens with zero attached hydrogens (tertiary/aromatic N) is 2. The maximum absolute atomic E-state index is 12.3. The van der Waals surface area contributed by atoms with E-state index in [1.54, 1.807) is 11.4 Å². The van der Waals surface area contributed by atoms with Gasteiger partial charge in [-0.2, -0.15) is 17.0 Å². The zero-order valence-corrected chi connectivity index (χ0v) is 11.3. The molecule has 0 aliphatic carbocycles. The summed E-state index contributed by atoms with van der Waals surface area (Å²) < 4.78 is 32.6. The van der Waals surface area contributed by atoms with Crippen LogP contribution in [0.25, 0.3) is 0 Å². The van der Waals surface area contributed by atoms with E-state index in [9.17, 15) is 8.42 Å². The van der Waals surface area contributed by atoms with Gasteiger partial charge >= 0.3 is 0 Å². The van der Waals surface area contributed by atoms with Crippen molar-refractivity contribution in [3.05, 3.63) is 0 Å². The van der Waals surface area contributed by atoms with E-state index in [4.69, 9.17) is 10.5 Å². The van der Waals surface area contributed by atoms with E-state index in [2.05, 4.69) is 0 Å². The van der Waals surface area contributed by atoms with Gasteiger partial charge in [0.1, 0.15) is 0 Å². The van der Waals surface area contributed by atoms with Gasteiger partial charge in [-0.25, -0.2) is 0 Å². The van der Waals surface area contributed by atoms with Gasteiger partial charge in [0.25, 0.3) is 10.2 Å². The van der Waals surface area contributed by atoms with Crippen molar-refractivity contribution in [2.24, 2.45) is 5.73 Å². The van der Waals surface area contributed by atoms with Crippen molar-refractivity contribution >= 4 is 10.2 Å². The third-order valence-corrected chi connectivity index (χ3v) is 4.91. The summed E-state index contributed by atoms with van der Waals surface area (Å²) in [5.74, 6) is 0. The van der Waals surface area contributed by atoms with Crippen LogP contribution in [0.1, 0.15) is 19.3 Å². The fraction of sp³-hybridized carbons (Fsp3) is 1.00. The van der Waals surface area contributed by atoms with Crippen molar-refractivity contribution in [3.8, 4) is 0 Å². The van der Waals surface area contributed by atoms with Gasteiger partial charge in [0.15, 0.2) is 0 Å². The third kappa shape index (κ3) is 4.18. The van der Waals surface area contributed by atoms with Crippen LogP contribution in [-0.4, -0.2) is 63.5 Å². The van der Waals surface area contributed by atoms with Crippen LogP contribution in [0.4, 0.5) is 0 Å². The van der Waals surface area contributed by atoms with Crippen LogP contribution in [-0.2, 0) is 14.9 Å². The molecule has 0 amide bonds. The number of methoxy groups -OCH3 is 1. The fourth-order valence-corrected chi connectivity index (χ4v) is 3.60. The summed E-state index contributed by atoms with van der Waals surface area (Å²) in [5.41, 5.74) is 5.44. The molecule has 6 nitrogen and oxygen atoms in total. The number of hydrogen-bond acceptors (Lipinski definition) is 4. The first-order chi connectivity index (χ1) is 8.12. The van der Waals surface area contributed by atoms with E-state index in [1.165, 1.54) is 4.31 Å². The molecule has 102 valence electrons. The highest BCUT2D eigenvalue weighted by Crippen LogP contribution is 2.16. The molecule has 17 heavy (non-hydrogen) atoms. The summed E-state index contributed by atoms with van der Waals surface area (Å²) in [5, 5.41) is 0. The van der Waals surface area contributed by atoms with E-state index < -0.39 is 10.2 Å². The lowest BCUT2D eigenvalue weighted by molar-refractivity contribution is 0.176. The lowest BCUT2D eigenvalue weighted by atomic mass is 10.4. The molecule has 0 aromatic rings. The summed E-state index contributed by atoms with van der Waals surface area (Å²) in [4.78, 5) is 0. The Labute approximate surface area is 104 Å². The Morgan fingerprint density at radius 3 is 2.47 bits per heavy atom. The first-order valence-electron chi connectivity index (χ1n) is 6.07. The van der Waals surface area contributed by atoms with Crippen molar-refractivity contribution in [3.63, 3.8) is 0 Å². The molecule has 1 saturated heterocycles. The van der Waals surface area contributed by atoms with Crippen molar-refractivity contribution < 1.29 is 13.2 Å². The number of hydrogen-bond donors (Lipinski definition) is 1. The van der Waals surface area contributed by atoms with Gasteiger partial charge < -0.3 is 10.5 Å². The largest absolute Gasteiger partial charge is 0.383 e. The molecule has 2 N–H and O–H groups in total. The van der Waals surface area contributed by atoms with Crippen LogP contribution in [0, 0.1) is 0 Å².